The van der Waals surface area contributed by atoms with E-state index in [1.807, 2.05) is 6.92 Å². The van der Waals surface area contributed by atoms with E-state index < -0.39 is 0 Å². The fraction of sp³-hybridized carbons (Fsp3) is 0.909. The van der Waals surface area contributed by atoms with Crippen molar-refractivity contribution in [3.8, 4) is 0 Å². The van der Waals surface area contributed by atoms with Gasteiger partial charge in [0.05, 0.1) is 18.3 Å². The average molecular weight is 200 g/mol. The van der Waals surface area contributed by atoms with Gasteiger partial charge in [0.25, 0.3) is 0 Å². The second kappa shape index (κ2) is 5.47. The van der Waals surface area contributed by atoms with E-state index in [1.165, 1.54) is 0 Å². The Morgan fingerprint density at radius 3 is 2.79 bits per heavy atom. The van der Waals surface area contributed by atoms with E-state index in [0.717, 1.165) is 12.8 Å². The molecule has 14 heavy (non-hydrogen) atoms. The van der Waals surface area contributed by atoms with E-state index >= 15 is 0 Å². The van der Waals surface area contributed by atoms with Crippen LogP contribution in [0.25, 0.3) is 0 Å². The quantitative estimate of drug-likeness (QED) is 0.734. The lowest BCUT2D eigenvalue weighted by Crippen LogP contribution is -2.15. The first-order chi connectivity index (χ1) is 6.58. The minimum atomic E-state index is -0.373. The number of hydrogen-bond acceptors (Lipinski definition) is 3. The van der Waals surface area contributed by atoms with Gasteiger partial charge in [-0.05, 0) is 33.1 Å². The van der Waals surface area contributed by atoms with Crippen LogP contribution in [0.1, 0.15) is 46.0 Å². The molecule has 0 aromatic heterocycles. The Morgan fingerprint density at radius 1 is 1.57 bits per heavy atom. The highest BCUT2D eigenvalue weighted by Crippen LogP contribution is 2.22. The van der Waals surface area contributed by atoms with Crippen molar-refractivity contribution >= 4 is 5.78 Å². The van der Waals surface area contributed by atoms with E-state index in [-0.39, 0.29) is 18.0 Å². The van der Waals surface area contributed by atoms with E-state index in [0.29, 0.717) is 25.4 Å². The SMILES string of the molecule is C[C@@H]1CCC(CC(=O)CC[C@@H](C)O)O1. The van der Waals surface area contributed by atoms with Gasteiger partial charge in [-0.25, -0.2) is 0 Å². The van der Waals surface area contributed by atoms with Crippen LogP contribution in [0.15, 0.2) is 0 Å². The smallest absolute Gasteiger partial charge is 0.135 e. The van der Waals surface area contributed by atoms with Crippen LogP contribution in [0.5, 0.6) is 0 Å². The molecular weight excluding hydrogens is 180 g/mol. The zero-order valence-corrected chi connectivity index (χ0v) is 9.03. The lowest BCUT2D eigenvalue weighted by Gasteiger charge is -2.10. The molecule has 1 N–H and O–H groups in total. The Labute approximate surface area is 85.5 Å². The number of Topliss-reactive ketones (excluding diaryl/α,β-unsaturated/α-hetero) is 1. The topological polar surface area (TPSA) is 46.5 Å². The molecule has 1 saturated heterocycles. The molecule has 3 nitrogen and oxygen atoms in total. The molecule has 0 aliphatic carbocycles. The van der Waals surface area contributed by atoms with Crippen molar-refractivity contribution in [2.75, 3.05) is 0 Å². The van der Waals surface area contributed by atoms with Crippen LogP contribution in [0.2, 0.25) is 0 Å². The maximum Gasteiger partial charge on any atom is 0.135 e. The third kappa shape index (κ3) is 4.20. The maximum atomic E-state index is 11.4. The maximum absolute atomic E-state index is 11.4. The van der Waals surface area contributed by atoms with Gasteiger partial charge in [-0.1, -0.05) is 0 Å². The summed E-state index contributed by atoms with van der Waals surface area (Å²) in [7, 11) is 0. The molecule has 82 valence electrons. The summed E-state index contributed by atoms with van der Waals surface area (Å²) in [6.45, 7) is 3.75. The fourth-order valence-electron chi connectivity index (χ4n) is 1.76. The first-order valence-electron chi connectivity index (χ1n) is 5.43. The lowest BCUT2D eigenvalue weighted by molar-refractivity contribution is -0.122. The highest BCUT2D eigenvalue weighted by atomic mass is 16.5. The van der Waals surface area contributed by atoms with Gasteiger partial charge in [0.15, 0.2) is 0 Å². The number of carbonyl (C=O) groups is 1. The van der Waals surface area contributed by atoms with Gasteiger partial charge in [-0.2, -0.15) is 0 Å². The van der Waals surface area contributed by atoms with Gasteiger partial charge >= 0.3 is 0 Å². The van der Waals surface area contributed by atoms with Crippen molar-refractivity contribution in [3.05, 3.63) is 0 Å². The van der Waals surface area contributed by atoms with Crippen LogP contribution in [0.3, 0.4) is 0 Å². The van der Waals surface area contributed by atoms with Gasteiger partial charge in [0.1, 0.15) is 5.78 Å². The first kappa shape index (κ1) is 11.7. The molecule has 1 aliphatic heterocycles. The molecule has 0 spiro atoms. The number of aliphatic hydroxyl groups is 1. The highest BCUT2D eigenvalue weighted by molar-refractivity contribution is 5.78. The van der Waals surface area contributed by atoms with Crippen molar-refractivity contribution in [1.29, 1.82) is 0 Å². The molecule has 0 radical (unpaired) electrons. The molecule has 0 aromatic carbocycles. The molecule has 1 aliphatic rings. The number of ketones is 1. The van der Waals surface area contributed by atoms with E-state index in [4.69, 9.17) is 9.84 Å². The van der Waals surface area contributed by atoms with Gasteiger partial charge in [0.2, 0.25) is 0 Å². The standard InChI is InChI=1S/C11H20O3/c1-8(12)3-5-10(13)7-11-6-4-9(2)14-11/h8-9,11-12H,3-7H2,1-2H3/t8-,9-,11?/m1/s1. The summed E-state index contributed by atoms with van der Waals surface area (Å²) in [5.41, 5.74) is 0. The van der Waals surface area contributed by atoms with Crippen molar-refractivity contribution in [1.82, 2.24) is 0 Å². The number of rotatable bonds is 5. The van der Waals surface area contributed by atoms with E-state index in [1.54, 1.807) is 6.92 Å². The summed E-state index contributed by atoms with van der Waals surface area (Å²) in [5.74, 6) is 0.213. The van der Waals surface area contributed by atoms with E-state index in [9.17, 15) is 4.79 Å². The number of aliphatic hydroxyl groups excluding tert-OH is 1. The van der Waals surface area contributed by atoms with Crippen LogP contribution < -0.4 is 0 Å². The molecule has 0 saturated carbocycles. The molecule has 0 aromatic rings. The molecule has 0 bridgehead atoms. The zero-order valence-electron chi connectivity index (χ0n) is 9.03. The second-order valence-corrected chi connectivity index (χ2v) is 4.28. The summed E-state index contributed by atoms with van der Waals surface area (Å²) >= 11 is 0. The summed E-state index contributed by atoms with van der Waals surface area (Å²) < 4.78 is 5.56. The Hall–Kier alpha value is -0.410. The molecule has 3 atom stereocenters. The number of hydrogen-bond donors (Lipinski definition) is 1. The van der Waals surface area contributed by atoms with Gasteiger partial charge in [0, 0.05) is 12.8 Å². The molecule has 1 fully saturated rings. The van der Waals surface area contributed by atoms with E-state index in [2.05, 4.69) is 0 Å². The highest BCUT2D eigenvalue weighted by Gasteiger charge is 2.23. The number of ether oxygens (including phenoxy) is 1. The third-order valence-corrected chi connectivity index (χ3v) is 2.62. The minimum absolute atomic E-state index is 0.131. The van der Waals surface area contributed by atoms with Crippen LogP contribution in [0.4, 0.5) is 0 Å². The third-order valence-electron chi connectivity index (χ3n) is 2.62. The molecule has 1 heterocycles. The molecule has 3 heteroatoms. The number of carbonyl (C=O) groups excluding carboxylic acids is 1. The monoisotopic (exact) mass is 200 g/mol. The van der Waals surface area contributed by atoms with Crippen molar-refractivity contribution in [2.45, 2.75) is 64.3 Å². The summed E-state index contributed by atoms with van der Waals surface area (Å²) in [4.78, 5) is 11.4. The van der Waals surface area contributed by atoms with Gasteiger partial charge in [-0.3, -0.25) is 4.79 Å². The minimum Gasteiger partial charge on any atom is -0.393 e. The predicted molar refractivity (Wildman–Crippen MR) is 54.1 cm³/mol. The largest absolute Gasteiger partial charge is 0.393 e. The van der Waals surface area contributed by atoms with Crippen LogP contribution in [-0.2, 0) is 9.53 Å². The Morgan fingerprint density at radius 2 is 2.29 bits per heavy atom. The van der Waals surface area contributed by atoms with Gasteiger partial charge < -0.3 is 9.84 Å². The van der Waals surface area contributed by atoms with Crippen molar-refractivity contribution in [2.24, 2.45) is 0 Å². The molecule has 0 amide bonds. The van der Waals surface area contributed by atoms with Gasteiger partial charge in [-0.15, -0.1) is 0 Å². The van der Waals surface area contributed by atoms with Crippen LogP contribution >= 0.6 is 0 Å². The summed E-state index contributed by atoms with van der Waals surface area (Å²) in [5, 5.41) is 9.02. The molecular formula is C11H20O3. The predicted octanol–water partition coefficient (Wildman–Crippen LogP) is 1.67. The Balaban J connectivity index is 2.14. The Kier molecular flexibility index (Phi) is 4.55. The van der Waals surface area contributed by atoms with Crippen LogP contribution in [0, 0.1) is 0 Å². The molecule has 1 unspecified atom stereocenters. The Bertz CT molecular complexity index is 189. The fourth-order valence-corrected chi connectivity index (χ4v) is 1.76. The normalized spacial score (nSPS) is 29.1. The van der Waals surface area contributed by atoms with Crippen molar-refractivity contribution < 1.29 is 14.6 Å². The average Bonchev–Trinajstić information content (AvgIpc) is 2.48. The second-order valence-electron chi connectivity index (χ2n) is 4.28. The van der Waals surface area contributed by atoms with Crippen LogP contribution in [-0.4, -0.2) is 29.2 Å². The summed E-state index contributed by atoms with van der Waals surface area (Å²) in [6.07, 6.45) is 3.71. The summed E-state index contributed by atoms with van der Waals surface area (Å²) in [6, 6.07) is 0. The first-order valence-corrected chi connectivity index (χ1v) is 5.43. The lowest BCUT2D eigenvalue weighted by atomic mass is 10.0. The van der Waals surface area contributed by atoms with Crippen molar-refractivity contribution in [3.63, 3.8) is 0 Å². The zero-order chi connectivity index (χ0) is 10.6. The molecule has 1 rings (SSSR count).